The molecule has 0 saturated carbocycles. The number of carboxylic acid groups (broad SMARTS) is 1. The zero-order valence-corrected chi connectivity index (χ0v) is 13.4. The molecule has 1 aromatic carbocycles. The second-order valence-electron chi connectivity index (χ2n) is 5.86. The highest BCUT2D eigenvalue weighted by atomic mass is 16.5. The minimum atomic E-state index is -1.38. The fourth-order valence-electron chi connectivity index (χ4n) is 2.68. The van der Waals surface area contributed by atoms with E-state index in [-0.39, 0.29) is 18.8 Å². The molecule has 3 rings (SSSR count). The van der Waals surface area contributed by atoms with Gasteiger partial charge >= 0.3 is 5.97 Å². The van der Waals surface area contributed by atoms with Gasteiger partial charge in [-0.3, -0.25) is 4.79 Å². The maximum Gasteiger partial charge on any atom is 0.331 e. The van der Waals surface area contributed by atoms with E-state index in [4.69, 9.17) is 9.15 Å². The first-order chi connectivity index (χ1) is 11.5. The number of aryl methyl sites for hydroxylation is 1. The second kappa shape index (κ2) is 6.49. The summed E-state index contributed by atoms with van der Waals surface area (Å²) in [5.41, 5.74) is 0.698. The molecule has 1 aromatic heterocycles. The van der Waals surface area contributed by atoms with Crippen LogP contribution in [0.5, 0.6) is 0 Å². The lowest BCUT2D eigenvalue weighted by molar-refractivity contribution is -0.144. The third-order valence-corrected chi connectivity index (χ3v) is 4.26. The quantitative estimate of drug-likeness (QED) is 0.880. The van der Waals surface area contributed by atoms with Crippen molar-refractivity contribution in [3.05, 3.63) is 47.7 Å². The molecule has 2 aromatic rings. The Hall–Kier alpha value is -2.60. The Bertz CT molecular complexity index is 741. The van der Waals surface area contributed by atoms with Gasteiger partial charge in [0.05, 0.1) is 6.61 Å². The van der Waals surface area contributed by atoms with Gasteiger partial charge in [0.25, 0.3) is 5.91 Å². The van der Waals surface area contributed by atoms with Gasteiger partial charge in [-0.15, -0.1) is 0 Å². The van der Waals surface area contributed by atoms with Crippen LogP contribution in [0.3, 0.4) is 0 Å². The molecular weight excluding hydrogens is 310 g/mol. The van der Waals surface area contributed by atoms with Crippen LogP contribution in [-0.2, 0) is 16.0 Å². The summed E-state index contributed by atoms with van der Waals surface area (Å²) in [6, 6.07) is 11.1. The highest BCUT2D eigenvalue weighted by Gasteiger charge is 2.44. The van der Waals surface area contributed by atoms with Crippen molar-refractivity contribution in [1.29, 1.82) is 0 Å². The monoisotopic (exact) mass is 329 g/mol. The van der Waals surface area contributed by atoms with Crippen LogP contribution in [0.4, 0.5) is 0 Å². The number of hydrogen-bond acceptors (Lipinski definition) is 4. The second-order valence-corrected chi connectivity index (χ2v) is 5.86. The van der Waals surface area contributed by atoms with E-state index in [1.807, 2.05) is 24.3 Å². The molecule has 0 aliphatic carbocycles. The summed E-state index contributed by atoms with van der Waals surface area (Å²) < 4.78 is 10.7. The first-order valence-electron chi connectivity index (χ1n) is 7.87. The van der Waals surface area contributed by atoms with E-state index < -0.39 is 17.4 Å². The number of ether oxygens (including phenoxy) is 1. The molecule has 6 heteroatoms. The van der Waals surface area contributed by atoms with Gasteiger partial charge in [-0.05, 0) is 24.1 Å². The average molecular weight is 329 g/mol. The van der Waals surface area contributed by atoms with Crippen molar-refractivity contribution < 1.29 is 23.8 Å². The Morgan fingerprint density at radius 2 is 1.96 bits per heavy atom. The fraction of sp³-hybridized carbons (Fsp3) is 0.333. The third-order valence-electron chi connectivity index (χ3n) is 4.26. The van der Waals surface area contributed by atoms with E-state index in [9.17, 15) is 14.7 Å². The van der Waals surface area contributed by atoms with Crippen molar-refractivity contribution in [2.75, 3.05) is 13.2 Å². The molecule has 0 spiro atoms. The van der Waals surface area contributed by atoms with Crippen molar-refractivity contribution in [1.82, 2.24) is 5.32 Å². The number of rotatable bonds is 5. The van der Waals surface area contributed by atoms with Gasteiger partial charge in [0.15, 0.2) is 11.3 Å². The fourth-order valence-corrected chi connectivity index (χ4v) is 2.68. The van der Waals surface area contributed by atoms with E-state index in [0.717, 1.165) is 12.0 Å². The minimum Gasteiger partial charge on any atom is -0.479 e. The summed E-state index contributed by atoms with van der Waals surface area (Å²) >= 11 is 0. The summed E-state index contributed by atoms with van der Waals surface area (Å²) in [6.45, 7) is 2.34. The van der Waals surface area contributed by atoms with Crippen LogP contribution < -0.4 is 5.32 Å². The predicted molar refractivity (Wildman–Crippen MR) is 86.8 cm³/mol. The molecule has 126 valence electrons. The number of carbonyl (C=O) groups is 2. The number of hydrogen-bond donors (Lipinski definition) is 2. The normalized spacial score (nSPS) is 20.0. The maximum atomic E-state index is 12.3. The average Bonchev–Trinajstić information content (AvgIpc) is 3.25. The summed E-state index contributed by atoms with van der Waals surface area (Å²) in [5, 5.41) is 11.9. The number of aliphatic carboxylic acids is 1. The van der Waals surface area contributed by atoms with Gasteiger partial charge in [0.1, 0.15) is 5.76 Å². The zero-order chi connectivity index (χ0) is 17.2. The van der Waals surface area contributed by atoms with Crippen LogP contribution in [0.15, 0.2) is 40.8 Å². The van der Waals surface area contributed by atoms with Crippen molar-refractivity contribution in [2.45, 2.75) is 25.3 Å². The third kappa shape index (κ3) is 3.05. The highest BCUT2D eigenvalue weighted by molar-refractivity contribution is 5.96. The van der Waals surface area contributed by atoms with Crippen LogP contribution >= 0.6 is 0 Å². The van der Waals surface area contributed by atoms with Crippen molar-refractivity contribution in [3.8, 4) is 11.3 Å². The Labute approximate surface area is 139 Å². The number of amides is 1. The van der Waals surface area contributed by atoms with Crippen LogP contribution in [0, 0.1) is 0 Å². The topological polar surface area (TPSA) is 88.8 Å². The van der Waals surface area contributed by atoms with E-state index in [2.05, 4.69) is 12.2 Å². The molecule has 1 fully saturated rings. The molecule has 2 heterocycles. The largest absolute Gasteiger partial charge is 0.479 e. The summed E-state index contributed by atoms with van der Waals surface area (Å²) in [4.78, 5) is 23.8. The molecule has 1 amide bonds. The molecule has 1 saturated heterocycles. The lowest BCUT2D eigenvalue weighted by Gasteiger charge is -2.22. The number of nitrogens with one attached hydrogen (secondary N) is 1. The summed E-state index contributed by atoms with van der Waals surface area (Å²) in [6.07, 6.45) is 1.19. The molecule has 1 atom stereocenters. The Balaban J connectivity index is 1.77. The van der Waals surface area contributed by atoms with E-state index >= 15 is 0 Å². The lowest BCUT2D eigenvalue weighted by atomic mass is 9.99. The lowest BCUT2D eigenvalue weighted by Crippen LogP contribution is -2.55. The zero-order valence-electron chi connectivity index (χ0n) is 13.4. The Morgan fingerprint density at radius 3 is 2.54 bits per heavy atom. The van der Waals surface area contributed by atoms with Gasteiger partial charge in [0.2, 0.25) is 0 Å². The summed E-state index contributed by atoms with van der Waals surface area (Å²) in [5.74, 6) is -1.01. The standard InChI is InChI=1S/C18H19NO5/c1-2-12-3-5-13(6-4-12)14-7-8-15(24-14)16(20)19-18(17(21)22)9-10-23-11-18/h3-8H,2,9-11H2,1H3,(H,19,20)(H,21,22). The first-order valence-corrected chi connectivity index (χ1v) is 7.87. The smallest absolute Gasteiger partial charge is 0.331 e. The maximum absolute atomic E-state index is 12.3. The van der Waals surface area contributed by atoms with Crippen LogP contribution in [-0.4, -0.2) is 35.7 Å². The Kier molecular flexibility index (Phi) is 4.40. The molecule has 0 bridgehead atoms. The van der Waals surface area contributed by atoms with Gasteiger partial charge < -0.3 is 19.6 Å². The van der Waals surface area contributed by atoms with Crippen molar-refractivity contribution in [3.63, 3.8) is 0 Å². The van der Waals surface area contributed by atoms with Crippen LogP contribution in [0.2, 0.25) is 0 Å². The SMILES string of the molecule is CCc1ccc(-c2ccc(C(=O)NC3(C(=O)O)CCOC3)o2)cc1. The summed E-state index contributed by atoms with van der Waals surface area (Å²) in [7, 11) is 0. The molecule has 1 aliphatic rings. The van der Waals surface area contributed by atoms with E-state index in [0.29, 0.717) is 12.4 Å². The molecule has 1 unspecified atom stereocenters. The van der Waals surface area contributed by atoms with Crippen LogP contribution in [0.1, 0.15) is 29.5 Å². The number of carbonyl (C=O) groups excluding carboxylic acids is 1. The molecule has 1 aliphatic heterocycles. The van der Waals surface area contributed by atoms with Crippen LogP contribution in [0.25, 0.3) is 11.3 Å². The predicted octanol–water partition coefficient (Wildman–Crippen LogP) is 2.48. The van der Waals surface area contributed by atoms with Gasteiger partial charge in [-0.25, -0.2) is 4.79 Å². The van der Waals surface area contributed by atoms with Gasteiger partial charge in [-0.1, -0.05) is 31.2 Å². The Morgan fingerprint density at radius 1 is 1.21 bits per heavy atom. The molecule has 6 nitrogen and oxygen atoms in total. The molecular formula is C18H19NO5. The van der Waals surface area contributed by atoms with Gasteiger partial charge in [-0.2, -0.15) is 0 Å². The number of benzene rings is 1. The van der Waals surface area contributed by atoms with Crippen molar-refractivity contribution >= 4 is 11.9 Å². The van der Waals surface area contributed by atoms with E-state index in [1.54, 1.807) is 12.1 Å². The first kappa shape index (κ1) is 16.3. The molecule has 24 heavy (non-hydrogen) atoms. The van der Waals surface area contributed by atoms with Gasteiger partial charge in [0, 0.05) is 18.6 Å². The van der Waals surface area contributed by atoms with Crippen molar-refractivity contribution in [2.24, 2.45) is 0 Å². The highest BCUT2D eigenvalue weighted by Crippen LogP contribution is 2.24. The van der Waals surface area contributed by atoms with E-state index in [1.165, 1.54) is 5.56 Å². The number of furan rings is 1. The number of carboxylic acids is 1. The molecule has 2 N–H and O–H groups in total. The molecule has 0 radical (unpaired) electrons. The minimum absolute atomic E-state index is 0.0415.